The van der Waals surface area contributed by atoms with E-state index in [9.17, 15) is 5.26 Å². The highest BCUT2D eigenvalue weighted by atomic mass is 15.1. The highest BCUT2D eigenvalue weighted by Gasteiger charge is 2.22. The van der Waals surface area contributed by atoms with Gasteiger partial charge in [-0.25, -0.2) is 0 Å². The van der Waals surface area contributed by atoms with Crippen LogP contribution >= 0.6 is 0 Å². The summed E-state index contributed by atoms with van der Waals surface area (Å²) in [5.41, 5.74) is 11.2. The number of hydrogen-bond acceptors (Lipinski definition) is 3. The van der Waals surface area contributed by atoms with E-state index in [2.05, 4.69) is 94.8 Å². The molecule has 0 bridgehead atoms. The minimum absolute atomic E-state index is 0.637. The third-order valence-corrected chi connectivity index (χ3v) is 7.12. The molecule has 3 nitrogen and oxygen atoms in total. The topological polar surface area (TPSA) is 39.9 Å². The normalized spacial score (nSPS) is 11.2. The predicted octanol–water partition coefficient (Wildman–Crippen LogP) is 8.89. The van der Waals surface area contributed by atoms with E-state index < -0.39 is 0 Å². The van der Waals surface area contributed by atoms with Gasteiger partial charge in [0.1, 0.15) is 0 Å². The Morgan fingerprint density at radius 1 is 0.568 bits per heavy atom. The van der Waals surface area contributed by atoms with E-state index in [1.165, 1.54) is 38.6 Å². The Hall–Kier alpha value is -5.20. The van der Waals surface area contributed by atoms with E-state index in [0.717, 1.165) is 22.6 Å². The Morgan fingerprint density at radius 3 is 2.03 bits per heavy atom. The molecule has 5 aromatic carbocycles. The third kappa shape index (κ3) is 3.39. The van der Waals surface area contributed by atoms with Crippen molar-refractivity contribution in [3.63, 3.8) is 0 Å². The number of nitrogens with zero attached hydrogens (tertiary/aromatic N) is 3. The Labute approximate surface area is 215 Å². The van der Waals surface area contributed by atoms with E-state index in [4.69, 9.17) is 0 Å². The van der Waals surface area contributed by atoms with Crippen molar-refractivity contribution in [1.29, 1.82) is 5.26 Å². The second kappa shape index (κ2) is 8.48. The first-order chi connectivity index (χ1) is 18.3. The maximum atomic E-state index is 9.28. The molecule has 37 heavy (non-hydrogen) atoms. The minimum Gasteiger partial charge on any atom is -0.309 e. The first-order valence-electron chi connectivity index (χ1n) is 12.3. The molecule has 0 aliphatic heterocycles. The molecule has 1 heterocycles. The zero-order valence-corrected chi connectivity index (χ0v) is 20.0. The highest BCUT2D eigenvalue weighted by Crippen LogP contribution is 2.49. The van der Waals surface area contributed by atoms with Crippen LogP contribution in [0.3, 0.4) is 0 Å². The molecule has 172 valence electrons. The van der Waals surface area contributed by atoms with Crippen molar-refractivity contribution in [3.8, 4) is 39.4 Å². The van der Waals surface area contributed by atoms with Gasteiger partial charge in [0.15, 0.2) is 0 Å². The van der Waals surface area contributed by atoms with Gasteiger partial charge in [-0.15, -0.1) is 0 Å². The van der Waals surface area contributed by atoms with Gasteiger partial charge in [-0.3, -0.25) is 4.98 Å². The fourth-order valence-electron chi connectivity index (χ4n) is 5.49. The lowest BCUT2D eigenvalue weighted by atomic mass is 9.94. The van der Waals surface area contributed by atoms with E-state index >= 15 is 0 Å². The minimum atomic E-state index is 0.637. The number of aromatic nitrogens is 1. The first-order valence-corrected chi connectivity index (χ1v) is 12.3. The second-order valence-corrected chi connectivity index (χ2v) is 9.19. The quantitative estimate of drug-likeness (QED) is 0.257. The maximum Gasteiger partial charge on any atom is 0.0991 e. The fraction of sp³-hybridized carbons (Fsp3) is 0. The molecule has 0 saturated carbocycles. The molecule has 1 aromatic heterocycles. The molecule has 0 amide bonds. The van der Waals surface area contributed by atoms with Crippen molar-refractivity contribution < 1.29 is 0 Å². The zero-order valence-electron chi connectivity index (χ0n) is 20.0. The van der Waals surface area contributed by atoms with Crippen LogP contribution in [0.5, 0.6) is 0 Å². The summed E-state index contributed by atoms with van der Waals surface area (Å²) in [4.78, 5) is 6.54. The van der Waals surface area contributed by atoms with Crippen LogP contribution in [-0.2, 0) is 0 Å². The summed E-state index contributed by atoms with van der Waals surface area (Å²) in [7, 11) is 0. The van der Waals surface area contributed by atoms with Gasteiger partial charge in [0, 0.05) is 17.6 Å². The smallest absolute Gasteiger partial charge is 0.0991 e. The first kappa shape index (κ1) is 21.1. The molecule has 0 radical (unpaired) electrons. The summed E-state index contributed by atoms with van der Waals surface area (Å²) in [6.45, 7) is 0. The van der Waals surface area contributed by atoms with Crippen molar-refractivity contribution in [3.05, 3.63) is 133 Å². The van der Waals surface area contributed by atoms with Crippen LogP contribution < -0.4 is 4.90 Å². The van der Waals surface area contributed by atoms with Crippen LogP contribution in [0.1, 0.15) is 5.56 Å². The van der Waals surface area contributed by atoms with E-state index in [-0.39, 0.29) is 0 Å². The summed E-state index contributed by atoms with van der Waals surface area (Å²) in [5.74, 6) is 0. The predicted molar refractivity (Wildman–Crippen MR) is 151 cm³/mol. The van der Waals surface area contributed by atoms with E-state index in [0.29, 0.717) is 5.56 Å². The lowest BCUT2D eigenvalue weighted by Crippen LogP contribution is -2.10. The molecule has 0 atom stereocenters. The summed E-state index contributed by atoms with van der Waals surface area (Å²) in [5, 5.41) is 11.9. The Bertz CT molecular complexity index is 1800. The number of pyridine rings is 1. The molecular formula is C34H21N3. The van der Waals surface area contributed by atoms with Crippen molar-refractivity contribution in [2.24, 2.45) is 0 Å². The SMILES string of the molecule is N#Cc1ccc(N(c2cccnc2)c2cccc(-c3ccc4c5c(cccc35)-c3ccccc3-4)c2)cc1. The Balaban J connectivity index is 1.40. The van der Waals surface area contributed by atoms with Gasteiger partial charge in [0.25, 0.3) is 0 Å². The number of hydrogen-bond donors (Lipinski definition) is 0. The largest absolute Gasteiger partial charge is 0.309 e. The van der Waals surface area contributed by atoms with Crippen LogP contribution in [0.25, 0.3) is 44.2 Å². The van der Waals surface area contributed by atoms with Gasteiger partial charge >= 0.3 is 0 Å². The summed E-state index contributed by atoms with van der Waals surface area (Å²) in [6, 6.07) is 42.3. The molecule has 7 rings (SSSR count). The van der Waals surface area contributed by atoms with Crippen LogP contribution in [0.2, 0.25) is 0 Å². The van der Waals surface area contributed by atoms with Gasteiger partial charge in [0.2, 0.25) is 0 Å². The molecule has 0 saturated heterocycles. The molecule has 0 N–H and O–H groups in total. The molecule has 3 heteroatoms. The van der Waals surface area contributed by atoms with Gasteiger partial charge in [-0.2, -0.15) is 5.26 Å². The van der Waals surface area contributed by atoms with Crippen molar-refractivity contribution in [2.45, 2.75) is 0 Å². The summed E-state index contributed by atoms with van der Waals surface area (Å²) < 4.78 is 0. The fourth-order valence-corrected chi connectivity index (χ4v) is 5.49. The Morgan fingerprint density at radius 2 is 1.27 bits per heavy atom. The number of nitriles is 1. The van der Waals surface area contributed by atoms with Gasteiger partial charge < -0.3 is 4.90 Å². The van der Waals surface area contributed by atoms with Gasteiger partial charge in [0.05, 0.1) is 23.5 Å². The van der Waals surface area contributed by atoms with E-state index in [1.54, 1.807) is 6.20 Å². The lowest BCUT2D eigenvalue weighted by molar-refractivity contribution is 1.23. The van der Waals surface area contributed by atoms with Crippen molar-refractivity contribution >= 4 is 27.8 Å². The zero-order chi connectivity index (χ0) is 24.8. The second-order valence-electron chi connectivity index (χ2n) is 9.19. The highest BCUT2D eigenvalue weighted by molar-refractivity contribution is 6.18. The number of rotatable bonds is 4. The van der Waals surface area contributed by atoms with Crippen LogP contribution in [0.15, 0.2) is 128 Å². The van der Waals surface area contributed by atoms with Crippen molar-refractivity contribution in [2.75, 3.05) is 4.90 Å². The summed E-state index contributed by atoms with van der Waals surface area (Å²) in [6.07, 6.45) is 3.64. The van der Waals surface area contributed by atoms with Crippen LogP contribution in [0.4, 0.5) is 17.1 Å². The molecular weight excluding hydrogens is 450 g/mol. The number of anilines is 3. The standard InChI is InChI=1S/C34H21N3/c35-21-23-13-15-25(16-14-23)37(27-8-5-19-36-22-27)26-7-3-6-24(20-26)28-17-18-33-30-10-2-1-9-29(30)32-12-4-11-31(28)34(32)33/h1-20,22H. The molecule has 0 fully saturated rings. The lowest BCUT2D eigenvalue weighted by Gasteiger charge is -2.25. The molecule has 6 aromatic rings. The number of benzene rings is 5. The molecule has 1 aliphatic carbocycles. The molecule has 0 spiro atoms. The Kier molecular flexibility index (Phi) is 4.84. The van der Waals surface area contributed by atoms with Crippen molar-refractivity contribution in [1.82, 2.24) is 4.98 Å². The average Bonchev–Trinajstić information content (AvgIpc) is 3.30. The third-order valence-electron chi connectivity index (χ3n) is 7.12. The number of fused-ring (bicyclic) bond motifs is 3. The molecule has 1 aliphatic rings. The van der Waals surface area contributed by atoms with Gasteiger partial charge in [-0.05, 0) is 92.7 Å². The average molecular weight is 472 g/mol. The monoisotopic (exact) mass is 471 g/mol. The molecule has 0 unspecified atom stereocenters. The summed E-state index contributed by atoms with van der Waals surface area (Å²) >= 11 is 0. The van der Waals surface area contributed by atoms with Crippen LogP contribution in [-0.4, -0.2) is 4.98 Å². The van der Waals surface area contributed by atoms with Crippen LogP contribution in [0, 0.1) is 11.3 Å². The van der Waals surface area contributed by atoms with E-state index in [1.807, 2.05) is 42.6 Å². The maximum absolute atomic E-state index is 9.28. The van der Waals surface area contributed by atoms with Gasteiger partial charge in [-0.1, -0.05) is 66.7 Å².